The van der Waals surface area contributed by atoms with Crippen LogP contribution in [0.1, 0.15) is 53.6 Å². The molecule has 9 N–H and O–H groups in total. The molecule has 4 atom stereocenters. The van der Waals surface area contributed by atoms with Crippen LogP contribution in [0.2, 0.25) is 0 Å². The number of fused-ring (bicyclic) bond motifs is 1. The minimum atomic E-state index is -2.56. The summed E-state index contributed by atoms with van der Waals surface area (Å²) < 4.78 is 0. The monoisotopic (exact) mass is 525 g/mol. The van der Waals surface area contributed by atoms with Crippen LogP contribution in [0.5, 0.6) is 0 Å². The molecule has 1 aliphatic carbocycles. The lowest BCUT2D eigenvalue weighted by molar-refractivity contribution is -0.521. The van der Waals surface area contributed by atoms with Gasteiger partial charge in [-0.15, -0.1) is 0 Å². The third-order valence-corrected chi connectivity index (χ3v) is 8.60. The number of likely N-dealkylation sites (tertiary alicyclic amines) is 1. The molecular weight excluding hydrogens is 492 g/mol. The quantitative estimate of drug-likeness (QED) is 0.116. The first kappa shape index (κ1) is 24.6. The van der Waals surface area contributed by atoms with E-state index in [1.165, 1.54) is 4.90 Å². The lowest BCUT2D eigenvalue weighted by atomic mass is 9.84. The normalized spacial score (nSPS) is 31.6. The summed E-state index contributed by atoms with van der Waals surface area (Å²) in [5.41, 5.74) is 13.4. The summed E-state index contributed by atoms with van der Waals surface area (Å²) in [6, 6.07) is 2.80. The van der Waals surface area contributed by atoms with E-state index in [1.54, 1.807) is 6.07 Å². The lowest BCUT2D eigenvalue weighted by Crippen LogP contribution is -2.90. The van der Waals surface area contributed by atoms with Crippen LogP contribution in [0, 0.1) is 0 Å². The van der Waals surface area contributed by atoms with Gasteiger partial charge in [0.2, 0.25) is 17.6 Å². The Morgan fingerprint density at radius 2 is 1.87 bits per heavy atom. The van der Waals surface area contributed by atoms with Gasteiger partial charge in [0.15, 0.2) is 12.0 Å². The Balaban J connectivity index is 1.31. The standard InChI is InChI=1S/C25H32N8O5/c26-22-30-20-16(11-32-18(34)9-10-19(32)35)28-23(27)33-12-17(25(37,38)24(20,33)31-22)29-21(36)15-8-4-6-13-5-2-1-3-7-14(13)15/h4,6,8,16-17,20,37-38H,1-3,5,7,9-12H2,(H2,27,28)(H,29,36)(H3,26,30,31)/p+1/t16-,17?,20-,24?/m0/s1. The molecule has 2 fully saturated rings. The number of aliphatic imine (C=N–C) groups is 1. The Morgan fingerprint density at radius 1 is 1.13 bits per heavy atom. The minimum absolute atomic E-state index is 0.0212. The Bertz CT molecular complexity index is 1260. The highest BCUT2D eigenvalue weighted by atomic mass is 16.5. The summed E-state index contributed by atoms with van der Waals surface area (Å²) in [7, 11) is 0. The first-order chi connectivity index (χ1) is 18.1. The molecule has 5 aliphatic rings. The summed E-state index contributed by atoms with van der Waals surface area (Å²) in [5.74, 6) is -3.57. The van der Waals surface area contributed by atoms with Gasteiger partial charge in [-0.1, -0.05) is 18.6 Å². The number of aryl methyl sites for hydroxylation is 1. The highest BCUT2D eigenvalue weighted by molar-refractivity contribution is 6.02. The smallest absolute Gasteiger partial charge is 0.343 e. The second kappa shape index (κ2) is 8.67. The van der Waals surface area contributed by atoms with E-state index in [9.17, 15) is 24.6 Å². The predicted molar refractivity (Wildman–Crippen MR) is 134 cm³/mol. The van der Waals surface area contributed by atoms with E-state index >= 15 is 0 Å². The average Bonchev–Trinajstić information content (AvgIpc) is 3.37. The number of amides is 3. The zero-order valence-corrected chi connectivity index (χ0v) is 20.9. The first-order valence-corrected chi connectivity index (χ1v) is 13.1. The van der Waals surface area contributed by atoms with Crippen molar-refractivity contribution in [3.63, 3.8) is 0 Å². The van der Waals surface area contributed by atoms with Gasteiger partial charge in [-0.2, -0.15) is 0 Å². The Labute approximate surface area is 218 Å². The topological polar surface area (TPSA) is 201 Å². The van der Waals surface area contributed by atoms with Crippen LogP contribution < -0.4 is 27.1 Å². The zero-order chi connectivity index (χ0) is 26.8. The van der Waals surface area contributed by atoms with Crippen molar-refractivity contribution in [2.45, 2.75) is 74.5 Å². The van der Waals surface area contributed by atoms with Crippen LogP contribution in [0.4, 0.5) is 0 Å². The number of hydrogen-bond acceptors (Lipinski definition) is 10. The molecule has 0 aromatic heterocycles. The molecule has 6 rings (SSSR count). The molecule has 1 aromatic rings. The van der Waals surface area contributed by atoms with Crippen molar-refractivity contribution in [2.75, 3.05) is 13.1 Å². The number of nitrogens with two attached hydrogens (primary N) is 2. The summed E-state index contributed by atoms with van der Waals surface area (Å²) in [6.45, 7) is -0.153. The van der Waals surface area contributed by atoms with E-state index in [0.717, 1.165) is 48.1 Å². The first-order valence-electron chi connectivity index (χ1n) is 13.1. The number of nitrogens with zero attached hydrogens (tertiary/aromatic N) is 3. The lowest BCUT2D eigenvalue weighted by Gasteiger charge is -2.46. The van der Waals surface area contributed by atoms with Gasteiger partial charge in [-0.25, -0.2) is 10.3 Å². The van der Waals surface area contributed by atoms with E-state index < -0.39 is 35.5 Å². The van der Waals surface area contributed by atoms with Gasteiger partial charge in [0.1, 0.15) is 12.1 Å². The summed E-state index contributed by atoms with van der Waals surface area (Å²) in [4.78, 5) is 48.2. The van der Waals surface area contributed by atoms with Gasteiger partial charge in [0, 0.05) is 18.4 Å². The minimum Gasteiger partial charge on any atom is -0.370 e. The molecule has 3 amide bonds. The van der Waals surface area contributed by atoms with Crippen molar-refractivity contribution in [3.8, 4) is 0 Å². The van der Waals surface area contributed by atoms with E-state index in [-0.39, 0.29) is 49.7 Å². The van der Waals surface area contributed by atoms with Gasteiger partial charge in [-0.05, 0) is 42.9 Å². The fourth-order valence-corrected chi connectivity index (χ4v) is 6.74. The van der Waals surface area contributed by atoms with Crippen molar-refractivity contribution in [1.82, 2.24) is 20.4 Å². The summed E-state index contributed by atoms with van der Waals surface area (Å²) in [6.07, 6.45) is 5.09. The summed E-state index contributed by atoms with van der Waals surface area (Å²) >= 11 is 0. The van der Waals surface area contributed by atoms with Crippen LogP contribution in [-0.4, -0.2) is 92.3 Å². The van der Waals surface area contributed by atoms with Gasteiger partial charge >= 0.3 is 5.96 Å². The van der Waals surface area contributed by atoms with E-state index in [1.807, 2.05) is 12.1 Å². The molecule has 4 heterocycles. The molecule has 2 saturated heterocycles. The van der Waals surface area contributed by atoms with Gasteiger partial charge < -0.3 is 21.3 Å². The van der Waals surface area contributed by atoms with Gasteiger partial charge in [-0.3, -0.25) is 34.9 Å². The number of carbonyl (C=O) groups excluding carboxylic acids is 3. The van der Waals surface area contributed by atoms with Gasteiger partial charge in [0.05, 0.1) is 13.1 Å². The summed E-state index contributed by atoms with van der Waals surface area (Å²) in [5, 5.41) is 29.1. The van der Waals surface area contributed by atoms with Crippen molar-refractivity contribution in [3.05, 3.63) is 34.9 Å². The van der Waals surface area contributed by atoms with Crippen LogP contribution in [0.3, 0.4) is 0 Å². The number of carbonyl (C=O) groups is 3. The molecule has 4 aliphatic heterocycles. The van der Waals surface area contributed by atoms with Crippen LogP contribution in [-0.2, 0) is 22.4 Å². The number of benzene rings is 1. The number of rotatable bonds is 4. The highest BCUT2D eigenvalue weighted by Crippen LogP contribution is 2.41. The molecule has 13 nitrogen and oxygen atoms in total. The maximum absolute atomic E-state index is 13.5. The Morgan fingerprint density at radius 3 is 2.63 bits per heavy atom. The number of guanidine groups is 2. The highest BCUT2D eigenvalue weighted by Gasteiger charge is 2.76. The van der Waals surface area contributed by atoms with E-state index in [4.69, 9.17) is 11.5 Å². The molecule has 2 unspecified atom stereocenters. The molecule has 38 heavy (non-hydrogen) atoms. The predicted octanol–water partition coefficient (Wildman–Crippen LogP) is -4.04. The van der Waals surface area contributed by atoms with Crippen LogP contribution >= 0.6 is 0 Å². The number of nitrogens with one attached hydrogen (secondary N) is 3. The third-order valence-electron chi connectivity index (χ3n) is 8.60. The van der Waals surface area contributed by atoms with Crippen LogP contribution in [0.15, 0.2) is 23.2 Å². The van der Waals surface area contributed by atoms with Crippen LogP contribution in [0.25, 0.3) is 0 Å². The Hall–Kier alpha value is -3.71. The molecule has 1 spiro atoms. The number of imide groups is 1. The molecule has 202 valence electrons. The van der Waals surface area contributed by atoms with E-state index in [0.29, 0.717) is 5.56 Å². The van der Waals surface area contributed by atoms with Crippen molar-refractivity contribution < 1.29 is 29.6 Å². The molecule has 13 heteroatoms. The molecule has 0 bridgehead atoms. The molecule has 0 saturated carbocycles. The fourth-order valence-electron chi connectivity index (χ4n) is 6.74. The molecule has 1 aromatic carbocycles. The van der Waals surface area contributed by atoms with Crippen molar-refractivity contribution in [1.29, 1.82) is 0 Å². The maximum atomic E-state index is 13.5. The largest absolute Gasteiger partial charge is 0.370 e. The van der Waals surface area contributed by atoms with Crippen molar-refractivity contribution >= 4 is 29.6 Å². The zero-order valence-electron chi connectivity index (χ0n) is 20.9. The SMILES string of the molecule is NC1=N[C@@H](CN2C(=O)CCC2=O)[C@@H]2[NH+]=C(N)NC23N1CC(NC(=O)c1cccc2c1CCCCC2)C3(O)O. The second-order valence-electron chi connectivity index (χ2n) is 10.7. The third kappa shape index (κ3) is 3.48. The number of hydrogen-bond donors (Lipinski definition) is 7. The number of aliphatic hydroxyl groups is 2. The maximum Gasteiger partial charge on any atom is 0.343 e. The second-order valence-corrected chi connectivity index (χ2v) is 10.7. The fraction of sp³-hybridized carbons (Fsp3) is 0.560. The van der Waals surface area contributed by atoms with Gasteiger partial charge in [0.25, 0.3) is 11.6 Å². The van der Waals surface area contributed by atoms with E-state index in [2.05, 4.69) is 20.6 Å². The Kier molecular flexibility index (Phi) is 5.61. The molecule has 0 radical (unpaired) electrons. The molecular formula is C25H33N8O5+. The van der Waals surface area contributed by atoms with Crippen molar-refractivity contribution in [2.24, 2.45) is 16.5 Å². The average molecular weight is 526 g/mol.